The van der Waals surface area contributed by atoms with E-state index in [1.165, 1.54) is 12.1 Å². The number of sulfonamides is 1. The van der Waals surface area contributed by atoms with E-state index in [4.69, 9.17) is 0 Å². The SMILES string of the molecule is O=C(O)C1CCS(=O)(=O)C12CCN(S(=O)(=O)c1ccccc1)C2. The Hall–Kier alpha value is -1.45. The maximum absolute atomic E-state index is 12.6. The van der Waals surface area contributed by atoms with Gasteiger partial charge in [-0.3, -0.25) is 4.79 Å². The molecule has 23 heavy (non-hydrogen) atoms. The molecule has 126 valence electrons. The molecule has 0 aliphatic carbocycles. The van der Waals surface area contributed by atoms with Crippen molar-refractivity contribution in [2.24, 2.45) is 5.92 Å². The summed E-state index contributed by atoms with van der Waals surface area (Å²) in [6.45, 7) is -0.274. The molecule has 1 aromatic carbocycles. The van der Waals surface area contributed by atoms with Crippen LogP contribution in [0.2, 0.25) is 0 Å². The molecule has 2 aliphatic rings. The predicted octanol–water partition coefficient (Wildman–Crippen LogP) is 0.339. The van der Waals surface area contributed by atoms with E-state index < -0.39 is 36.5 Å². The highest BCUT2D eigenvalue weighted by Crippen LogP contribution is 2.45. The van der Waals surface area contributed by atoms with Gasteiger partial charge in [-0.05, 0) is 25.0 Å². The van der Waals surface area contributed by atoms with Crippen LogP contribution in [0.1, 0.15) is 12.8 Å². The third kappa shape index (κ3) is 2.38. The Morgan fingerprint density at radius 3 is 2.52 bits per heavy atom. The molecule has 0 bridgehead atoms. The molecule has 2 fully saturated rings. The van der Waals surface area contributed by atoms with Crippen molar-refractivity contribution >= 4 is 25.8 Å². The van der Waals surface area contributed by atoms with E-state index in [1.54, 1.807) is 18.2 Å². The van der Waals surface area contributed by atoms with E-state index in [9.17, 15) is 26.7 Å². The van der Waals surface area contributed by atoms with Crippen molar-refractivity contribution in [2.45, 2.75) is 22.5 Å². The Morgan fingerprint density at radius 1 is 1.26 bits per heavy atom. The second kappa shape index (κ2) is 5.29. The molecular formula is C14H17NO6S2. The number of aliphatic carboxylic acids is 1. The zero-order valence-electron chi connectivity index (χ0n) is 12.3. The average molecular weight is 359 g/mol. The Labute approximate surface area is 134 Å². The van der Waals surface area contributed by atoms with Gasteiger partial charge in [-0.1, -0.05) is 18.2 Å². The molecular weight excluding hydrogens is 342 g/mol. The van der Waals surface area contributed by atoms with Crippen molar-refractivity contribution < 1.29 is 26.7 Å². The van der Waals surface area contributed by atoms with E-state index in [2.05, 4.69) is 0 Å². The summed E-state index contributed by atoms with van der Waals surface area (Å²) < 4.78 is 49.7. The molecule has 0 aromatic heterocycles. The van der Waals surface area contributed by atoms with Gasteiger partial charge < -0.3 is 5.11 Å². The summed E-state index contributed by atoms with van der Waals surface area (Å²) in [6.07, 6.45) is 0.0647. The summed E-state index contributed by atoms with van der Waals surface area (Å²) in [7, 11) is -7.47. The normalized spacial score (nSPS) is 30.7. The number of sulfone groups is 1. The number of carboxylic acids is 1. The van der Waals surface area contributed by atoms with Gasteiger partial charge >= 0.3 is 5.97 Å². The van der Waals surface area contributed by atoms with Gasteiger partial charge in [0.2, 0.25) is 10.0 Å². The van der Waals surface area contributed by atoms with Gasteiger partial charge in [0.15, 0.2) is 9.84 Å². The van der Waals surface area contributed by atoms with Gasteiger partial charge in [0.1, 0.15) is 4.75 Å². The fraction of sp³-hybridized carbons (Fsp3) is 0.500. The van der Waals surface area contributed by atoms with Crippen molar-refractivity contribution in [3.05, 3.63) is 30.3 Å². The Morgan fingerprint density at radius 2 is 1.91 bits per heavy atom. The molecule has 1 spiro atoms. The maximum Gasteiger partial charge on any atom is 0.308 e. The van der Waals surface area contributed by atoms with Gasteiger partial charge in [-0.25, -0.2) is 16.8 Å². The number of carboxylic acid groups (broad SMARTS) is 1. The van der Waals surface area contributed by atoms with Crippen LogP contribution in [0, 0.1) is 5.92 Å². The number of carbonyl (C=O) groups is 1. The first-order valence-electron chi connectivity index (χ1n) is 7.21. The van der Waals surface area contributed by atoms with Crippen LogP contribution in [-0.4, -0.2) is 55.8 Å². The first kappa shape index (κ1) is 16.4. The predicted molar refractivity (Wildman–Crippen MR) is 82.1 cm³/mol. The van der Waals surface area contributed by atoms with Gasteiger partial charge in [-0.15, -0.1) is 0 Å². The highest BCUT2D eigenvalue weighted by atomic mass is 32.2. The highest BCUT2D eigenvalue weighted by Gasteiger charge is 2.62. The summed E-state index contributed by atoms with van der Waals surface area (Å²) in [6, 6.07) is 7.75. The zero-order valence-corrected chi connectivity index (χ0v) is 13.9. The standard InChI is InChI=1S/C14H17NO6S2/c16-13(17)12-6-9-22(18,19)14(12)7-8-15(10-14)23(20,21)11-4-2-1-3-5-11/h1-5,12H,6-10H2,(H,16,17). The second-order valence-electron chi connectivity index (χ2n) is 5.96. The largest absolute Gasteiger partial charge is 0.481 e. The molecule has 1 aromatic rings. The summed E-state index contributed by atoms with van der Waals surface area (Å²) in [5.74, 6) is -2.43. The molecule has 2 atom stereocenters. The van der Waals surface area contributed by atoms with Crippen LogP contribution >= 0.6 is 0 Å². The van der Waals surface area contributed by atoms with E-state index in [1.807, 2.05) is 0 Å². The summed E-state index contributed by atoms with van der Waals surface area (Å²) >= 11 is 0. The van der Waals surface area contributed by atoms with Gasteiger partial charge in [0, 0.05) is 13.1 Å². The molecule has 0 saturated carbocycles. The van der Waals surface area contributed by atoms with Crippen LogP contribution in [0.25, 0.3) is 0 Å². The van der Waals surface area contributed by atoms with Gasteiger partial charge in [-0.2, -0.15) is 4.31 Å². The first-order chi connectivity index (χ1) is 10.7. The highest BCUT2D eigenvalue weighted by molar-refractivity contribution is 7.93. The van der Waals surface area contributed by atoms with Crippen LogP contribution in [0.4, 0.5) is 0 Å². The average Bonchev–Trinajstić information content (AvgIpc) is 3.05. The molecule has 2 unspecified atom stereocenters. The minimum Gasteiger partial charge on any atom is -0.481 e. The monoisotopic (exact) mass is 359 g/mol. The lowest BCUT2D eigenvalue weighted by Crippen LogP contribution is -2.46. The Kier molecular flexibility index (Phi) is 3.77. The van der Waals surface area contributed by atoms with Crippen LogP contribution < -0.4 is 0 Å². The molecule has 1 N–H and O–H groups in total. The van der Waals surface area contributed by atoms with Crippen LogP contribution in [0.15, 0.2) is 35.2 Å². The minimum atomic E-state index is -3.83. The third-order valence-electron chi connectivity index (χ3n) is 4.84. The number of benzene rings is 1. The molecule has 2 saturated heterocycles. The zero-order chi connectivity index (χ0) is 16.9. The molecule has 0 amide bonds. The molecule has 0 radical (unpaired) electrons. The van der Waals surface area contributed by atoms with Crippen LogP contribution in [-0.2, 0) is 24.7 Å². The van der Waals surface area contributed by atoms with Gasteiger partial charge in [0.25, 0.3) is 0 Å². The third-order valence-corrected chi connectivity index (χ3v) is 9.33. The Balaban J connectivity index is 1.98. The fourth-order valence-corrected chi connectivity index (χ4v) is 7.53. The summed E-state index contributed by atoms with van der Waals surface area (Å²) in [4.78, 5) is 11.5. The van der Waals surface area contributed by atoms with Gasteiger partial charge in [0.05, 0.1) is 16.6 Å². The van der Waals surface area contributed by atoms with Crippen molar-refractivity contribution in [3.8, 4) is 0 Å². The van der Waals surface area contributed by atoms with Crippen molar-refractivity contribution in [1.82, 2.24) is 4.31 Å². The second-order valence-corrected chi connectivity index (χ2v) is 10.4. The molecule has 3 rings (SSSR count). The van der Waals surface area contributed by atoms with E-state index in [0.29, 0.717) is 0 Å². The van der Waals surface area contributed by atoms with Crippen molar-refractivity contribution in [3.63, 3.8) is 0 Å². The maximum atomic E-state index is 12.6. The van der Waals surface area contributed by atoms with Crippen LogP contribution in [0.3, 0.4) is 0 Å². The lowest BCUT2D eigenvalue weighted by atomic mass is 9.89. The number of hydrogen-bond donors (Lipinski definition) is 1. The molecule has 2 aliphatic heterocycles. The van der Waals surface area contributed by atoms with Crippen molar-refractivity contribution in [1.29, 1.82) is 0 Å². The first-order valence-corrected chi connectivity index (χ1v) is 10.3. The lowest BCUT2D eigenvalue weighted by Gasteiger charge is -2.27. The molecule has 9 heteroatoms. The van der Waals surface area contributed by atoms with Crippen LogP contribution in [0.5, 0.6) is 0 Å². The summed E-state index contributed by atoms with van der Waals surface area (Å²) in [5.41, 5.74) is 0. The number of nitrogens with zero attached hydrogens (tertiary/aromatic N) is 1. The summed E-state index contributed by atoms with van der Waals surface area (Å²) in [5, 5.41) is 9.34. The number of hydrogen-bond acceptors (Lipinski definition) is 5. The fourth-order valence-electron chi connectivity index (χ4n) is 3.56. The Bertz CT molecular complexity index is 833. The smallest absolute Gasteiger partial charge is 0.308 e. The van der Waals surface area contributed by atoms with E-state index in [-0.39, 0.29) is 36.6 Å². The topological polar surface area (TPSA) is 109 Å². The number of rotatable bonds is 3. The lowest BCUT2D eigenvalue weighted by molar-refractivity contribution is -0.142. The molecule has 2 heterocycles. The van der Waals surface area contributed by atoms with Crippen molar-refractivity contribution in [2.75, 3.05) is 18.8 Å². The van der Waals surface area contributed by atoms with E-state index in [0.717, 1.165) is 4.31 Å². The minimum absolute atomic E-state index is 0.0141. The van der Waals surface area contributed by atoms with E-state index >= 15 is 0 Å². The quantitative estimate of drug-likeness (QED) is 0.833. The molecule has 7 nitrogen and oxygen atoms in total.